The Bertz CT molecular complexity index is 710. The second-order valence-electron chi connectivity index (χ2n) is 5.65. The van der Waals surface area contributed by atoms with Gasteiger partial charge < -0.3 is 9.42 Å². The van der Waals surface area contributed by atoms with Crippen molar-refractivity contribution in [3.8, 4) is 0 Å². The van der Waals surface area contributed by atoms with E-state index in [2.05, 4.69) is 5.16 Å². The Kier molecular flexibility index (Phi) is 4.15. The fourth-order valence-corrected chi connectivity index (χ4v) is 2.92. The van der Waals surface area contributed by atoms with E-state index in [9.17, 15) is 4.79 Å². The Hall–Kier alpha value is -1.52. The summed E-state index contributed by atoms with van der Waals surface area (Å²) in [4.78, 5) is 14.1. The van der Waals surface area contributed by atoms with Gasteiger partial charge in [0.05, 0.1) is 6.04 Å². The van der Waals surface area contributed by atoms with E-state index in [-0.39, 0.29) is 11.9 Å². The molecule has 1 aliphatic carbocycles. The van der Waals surface area contributed by atoms with Crippen LogP contribution in [0.1, 0.15) is 53.5 Å². The Balaban J connectivity index is 1.78. The number of amides is 1. The molecule has 6 heteroatoms. The molecule has 0 unspecified atom stereocenters. The first-order valence-electron chi connectivity index (χ1n) is 7.16. The summed E-state index contributed by atoms with van der Waals surface area (Å²) in [5.74, 6) is 1.05. The summed E-state index contributed by atoms with van der Waals surface area (Å²) in [6.45, 7) is 1.91. The molecule has 0 spiro atoms. The summed E-state index contributed by atoms with van der Waals surface area (Å²) >= 11 is 12.1. The molecule has 0 aliphatic heterocycles. The molecule has 1 aromatic carbocycles. The molecule has 1 fully saturated rings. The number of hydrogen-bond donors (Lipinski definition) is 0. The molecule has 3 rings (SSSR count). The molecule has 0 saturated heterocycles. The number of carbonyl (C=O) groups excluding carboxylic acids is 1. The highest BCUT2D eigenvalue weighted by Gasteiger charge is 2.30. The van der Waals surface area contributed by atoms with Crippen molar-refractivity contribution in [2.24, 2.45) is 0 Å². The first-order chi connectivity index (χ1) is 10.5. The van der Waals surface area contributed by atoms with E-state index in [0.29, 0.717) is 21.7 Å². The largest absolute Gasteiger partial charge is 0.360 e. The van der Waals surface area contributed by atoms with Gasteiger partial charge in [-0.2, -0.15) is 0 Å². The maximum atomic E-state index is 12.5. The smallest absolute Gasteiger partial charge is 0.276 e. The minimum atomic E-state index is -0.196. The van der Waals surface area contributed by atoms with E-state index < -0.39 is 0 Å². The number of carbonyl (C=O) groups is 1. The van der Waals surface area contributed by atoms with Gasteiger partial charge in [-0.05, 0) is 37.5 Å². The van der Waals surface area contributed by atoms with E-state index in [0.717, 1.165) is 24.2 Å². The van der Waals surface area contributed by atoms with Crippen LogP contribution in [0.25, 0.3) is 0 Å². The molecule has 1 amide bonds. The van der Waals surface area contributed by atoms with Gasteiger partial charge in [0.1, 0.15) is 5.76 Å². The van der Waals surface area contributed by atoms with Crippen LogP contribution in [-0.4, -0.2) is 23.0 Å². The highest BCUT2D eigenvalue weighted by molar-refractivity contribution is 6.35. The van der Waals surface area contributed by atoms with Crippen LogP contribution < -0.4 is 0 Å². The van der Waals surface area contributed by atoms with Crippen molar-refractivity contribution < 1.29 is 9.32 Å². The quantitative estimate of drug-likeness (QED) is 0.812. The highest BCUT2D eigenvalue weighted by Crippen LogP contribution is 2.40. The van der Waals surface area contributed by atoms with Crippen molar-refractivity contribution >= 4 is 29.1 Å². The molecule has 0 radical (unpaired) electrons. The summed E-state index contributed by atoms with van der Waals surface area (Å²) in [5.41, 5.74) is 1.18. The number of halogens is 2. The standard InChI is InChI=1S/C16H16Cl2N2O2/c1-9(12-6-5-11(17)7-13(12)18)20(2)16(21)14-8-15(22-19-14)10-3-4-10/h5-10H,3-4H2,1-2H3/t9-/m0/s1. The average Bonchev–Trinajstić information content (AvgIpc) is 3.22. The molecule has 1 aromatic heterocycles. The van der Waals surface area contributed by atoms with Crippen LogP contribution in [0.4, 0.5) is 0 Å². The molecule has 22 heavy (non-hydrogen) atoms. The lowest BCUT2D eigenvalue weighted by atomic mass is 10.1. The fraction of sp³-hybridized carbons (Fsp3) is 0.375. The third-order valence-corrected chi connectivity index (χ3v) is 4.60. The molecule has 1 atom stereocenters. The third kappa shape index (κ3) is 2.99. The summed E-state index contributed by atoms with van der Waals surface area (Å²) < 4.78 is 5.24. The van der Waals surface area contributed by atoms with E-state index in [4.69, 9.17) is 27.7 Å². The van der Waals surface area contributed by atoms with Crippen molar-refractivity contribution in [2.75, 3.05) is 7.05 Å². The Labute approximate surface area is 139 Å². The molecule has 1 saturated carbocycles. The summed E-state index contributed by atoms with van der Waals surface area (Å²) in [7, 11) is 1.73. The number of benzene rings is 1. The zero-order valence-electron chi connectivity index (χ0n) is 12.3. The van der Waals surface area contributed by atoms with E-state index in [1.54, 1.807) is 30.1 Å². The number of nitrogens with zero attached hydrogens (tertiary/aromatic N) is 2. The minimum absolute atomic E-state index is 0.186. The molecule has 116 valence electrons. The predicted molar refractivity (Wildman–Crippen MR) is 85.4 cm³/mol. The molecular weight excluding hydrogens is 323 g/mol. The van der Waals surface area contributed by atoms with Gasteiger partial charge in [-0.3, -0.25) is 4.79 Å². The molecule has 2 aromatic rings. The average molecular weight is 339 g/mol. The van der Waals surface area contributed by atoms with Gasteiger partial charge >= 0.3 is 0 Å². The first kappa shape index (κ1) is 15.4. The van der Waals surface area contributed by atoms with Crippen LogP contribution in [0.2, 0.25) is 10.0 Å². The van der Waals surface area contributed by atoms with Gasteiger partial charge in [0.2, 0.25) is 0 Å². The Morgan fingerprint density at radius 2 is 2.09 bits per heavy atom. The third-order valence-electron chi connectivity index (χ3n) is 4.04. The second kappa shape index (κ2) is 5.94. The normalized spacial score (nSPS) is 15.6. The number of rotatable bonds is 4. The van der Waals surface area contributed by atoms with Crippen molar-refractivity contribution in [2.45, 2.75) is 31.7 Å². The molecule has 0 N–H and O–H groups in total. The van der Waals surface area contributed by atoms with Crippen LogP contribution in [0.3, 0.4) is 0 Å². The van der Waals surface area contributed by atoms with Crippen LogP contribution >= 0.6 is 23.2 Å². The Morgan fingerprint density at radius 1 is 1.36 bits per heavy atom. The van der Waals surface area contributed by atoms with Crippen LogP contribution in [0.5, 0.6) is 0 Å². The van der Waals surface area contributed by atoms with Crippen LogP contribution in [0, 0.1) is 0 Å². The summed E-state index contributed by atoms with van der Waals surface area (Å²) in [6, 6.07) is 6.82. The maximum absolute atomic E-state index is 12.5. The van der Waals surface area contributed by atoms with Crippen molar-refractivity contribution in [3.63, 3.8) is 0 Å². The molecule has 1 heterocycles. The summed E-state index contributed by atoms with van der Waals surface area (Å²) in [5, 5.41) is 5.00. The van der Waals surface area contributed by atoms with E-state index in [1.165, 1.54) is 0 Å². The van der Waals surface area contributed by atoms with Gasteiger partial charge in [-0.25, -0.2) is 0 Å². The van der Waals surface area contributed by atoms with Gasteiger partial charge in [0, 0.05) is 29.1 Å². The number of aromatic nitrogens is 1. The highest BCUT2D eigenvalue weighted by atomic mass is 35.5. The lowest BCUT2D eigenvalue weighted by molar-refractivity contribution is 0.0732. The van der Waals surface area contributed by atoms with E-state index >= 15 is 0 Å². The molecule has 1 aliphatic rings. The lowest BCUT2D eigenvalue weighted by Crippen LogP contribution is -2.30. The van der Waals surface area contributed by atoms with Gasteiger partial charge in [0.15, 0.2) is 5.69 Å². The van der Waals surface area contributed by atoms with Gasteiger partial charge in [0.25, 0.3) is 5.91 Å². The van der Waals surface area contributed by atoms with Gasteiger partial charge in [-0.1, -0.05) is 34.4 Å². The fourth-order valence-electron chi connectivity index (χ4n) is 2.36. The first-order valence-corrected chi connectivity index (χ1v) is 7.91. The minimum Gasteiger partial charge on any atom is -0.360 e. The molecule has 4 nitrogen and oxygen atoms in total. The van der Waals surface area contributed by atoms with Crippen molar-refractivity contribution in [1.29, 1.82) is 0 Å². The molecule has 0 bridgehead atoms. The monoisotopic (exact) mass is 338 g/mol. The van der Waals surface area contributed by atoms with Crippen LogP contribution in [0.15, 0.2) is 28.8 Å². The topological polar surface area (TPSA) is 46.3 Å². The van der Waals surface area contributed by atoms with Crippen LogP contribution in [-0.2, 0) is 0 Å². The maximum Gasteiger partial charge on any atom is 0.276 e. The second-order valence-corrected chi connectivity index (χ2v) is 6.49. The Morgan fingerprint density at radius 3 is 2.73 bits per heavy atom. The van der Waals surface area contributed by atoms with Gasteiger partial charge in [-0.15, -0.1) is 0 Å². The van der Waals surface area contributed by atoms with E-state index in [1.807, 2.05) is 13.0 Å². The van der Waals surface area contributed by atoms with Crippen molar-refractivity contribution in [3.05, 3.63) is 51.3 Å². The predicted octanol–water partition coefficient (Wildman–Crippen LogP) is 4.69. The number of hydrogen-bond acceptors (Lipinski definition) is 3. The SMILES string of the molecule is C[C@@H](c1ccc(Cl)cc1Cl)N(C)C(=O)c1cc(C2CC2)on1. The lowest BCUT2D eigenvalue weighted by Gasteiger charge is -2.25. The molecular formula is C16H16Cl2N2O2. The van der Waals surface area contributed by atoms with Crippen molar-refractivity contribution in [1.82, 2.24) is 10.1 Å². The zero-order chi connectivity index (χ0) is 15.9. The summed E-state index contributed by atoms with van der Waals surface area (Å²) in [6.07, 6.45) is 2.21. The zero-order valence-corrected chi connectivity index (χ0v) is 13.9.